The van der Waals surface area contributed by atoms with Crippen molar-refractivity contribution in [3.63, 3.8) is 0 Å². The van der Waals surface area contributed by atoms with Crippen LogP contribution in [0.4, 0.5) is 0 Å². The lowest BCUT2D eigenvalue weighted by atomic mass is 9.88. The lowest BCUT2D eigenvalue weighted by Gasteiger charge is -2.50. The molecular weight excluding hydrogens is 392 g/mol. The number of benzene rings is 1. The SMILES string of the molecule is COCC1CN(CC2CC2)CC2(CCN(C(=O)c3ccc(OC(C)C)c(C)c3)CC2)O1. The Balaban J connectivity index is 1.38. The summed E-state index contributed by atoms with van der Waals surface area (Å²) in [5.41, 5.74) is 1.58. The van der Waals surface area contributed by atoms with Crippen molar-refractivity contribution in [3.8, 4) is 5.75 Å². The van der Waals surface area contributed by atoms with Crippen LogP contribution in [0.15, 0.2) is 18.2 Å². The number of carbonyl (C=O) groups is 1. The molecule has 2 aliphatic heterocycles. The molecule has 1 aromatic carbocycles. The number of morpholine rings is 1. The molecule has 3 fully saturated rings. The van der Waals surface area contributed by atoms with Gasteiger partial charge in [-0.25, -0.2) is 0 Å². The number of aryl methyl sites for hydroxylation is 1. The van der Waals surface area contributed by atoms with Crippen LogP contribution in [0.25, 0.3) is 0 Å². The van der Waals surface area contributed by atoms with Crippen LogP contribution in [0.5, 0.6) is 5.75 Å². The van der Waals surface area contributed by atoms with E-state index < -0.39 is 0 Å². The third-order valence-electron chi connectivity index (χ3n) is 6.70. The maximum atomic E-state index is 13.2. The largest absolute Gasteiger partial charge is 0.491 e. The van der Waals surface area contributed by atoms with Gasteiger partial charge in [-0.1, -0.05) is 0 Å². The van der Waals surface area contributed by atoms with Gasteiger partial charge in [0.05, 0.1) is 24.4 Å². The minimum atomic E-state index is -0.155. The molecule has 6 heteroatoms. The fourth-order valence-electron chi connectivity index (χ4n) is 5.01. The van der Waals surface area contributed by atoms with E-state index in [1.54, 1.807) is 7.11 Å². The summed E-state index contributed by atoms with van der Waals surface area (Å²) in [6.45, 7) is 11.2. The van der Waals surface area contributed by atoms with Crippen LogP contribution in [0, 0.1) is 12.8 Å². The number of nitrogens with zero attached hydrogens (tertiary/aromatic N) is 2. The molecule has 1 aromatic rings. The summed E-state index contributed by atoms with van der Waals surface area (Å²) in [7, 11) is 1.75. The molecule has 0 N–H and O–H groups in total. The number of rotatable bonds is 7. The zero-order valence-electron chi connectivity index (χ0n) is 19.6. The first-order chi connectivity index (χ1) is 14.9. The van der Waals surface area contributed by atoms with Crippen LogP contribution in [0.3, 0.4) is 0 Å². The van der Waals surface area contributed by atoms with Gasteiger partial charge in [-0.3, -0.25) is 9.69 Å². The maximum absolute atomic E-state index is 13.2. The van der Waals surface area contributed by atoms with Gasteiger partial charge in [-0.05, 0) is 76.1 Å². The van der Waals surface area contributed by atoms with Crippen molar-refractivity contribution in [2.24, 2.45) is 5.92 Å². The molecule has 1 saturated carbocycles. The summed E-state index contributed by atoms with van der Waals surface area (Å²) in [4.78, 5) is 17.7. The van der Waals surface area contributed by atoms with Gasteiger partial charge in [0.1, 0.15) is 5.75 Å². The molecular formula is C25H38N2O4. The Morgan fingerprint density at radius 2 is 2.00 bits per heavy atom. The number of likely N-dealkylation sites (tertiary alicyclic amines) is 1. The van der Waals surface area contributed by atoms with Crippen LogP contribution < -0.4 is 4.74 Å². The topological polar surface area (TPSA) is 51.2 Å². The first-order valence-electron chi connectivity index (χ1n) is 11.8. The number of hydrogen-bond acceptors (Lipinski definition) is 5. The first kappa shape index (κ1) is 22.6. The van der Waals surface area contributed by atoms with Gasteiger partial charge in [0.15, 0.2) is 0 Å². The summed E-state index contributed by atoms with van der Waals surface area (Å²) in [5.74, 6) is 1.82. The average molecular weight is 431 g/mol. The molecule has 1 spiro atoms. The molecule has 1 amide bonds. The van der Waals surface area contributed by atoms with Gasteiger partial charge in [-0.2, -0.15) is 0 Å². The summed E-state index contributed by atoms with van der Waals surface area (Å²) in [6, 6.07) is 5.76. The van der Waals surface area contributed by atoms with Crippen molar-refractivity contribution in [1.82, 2.24) is 9.80 Å². The quantitative estimate of drug-likeness (QED) is 0.663. The van der Waals surface area contributed by atoms with E-state index >= 15 is 0 Å². The molecule has 3 aliphatic rings. The predicted molar refractivity (Wildman–Crippen MR) is 121 cm³/mol. The van der Waals surface area contributed by atoms with Crippen molar-refractivity contribution in [2.45, 2.75) is 64.3 Å². The Labute approximate surface area is 186 Å². The number of carbonyl (C=O) groups excluding carboxylic acids is 1. The van der Waals surface area contributed by atoms with E-state index in [1.165, 1.54) is 19.4 Å². The summed E-state index contributed by atoms with van der Waals surface area (Å²) in [6.07, 6.45) is 4.73. The molecule has 4 rings (SSSR count). The fourth-order valence-corrected chi connectivity index (χ4v) is 5.01. The van der Waals surface area contributed by atoms with Crippen molar-refractivity contribution in [1.29, 1.82) is 0 Å². The van der Waals surface area contributed by atoms with Crippen molar-refractivity contribution < 1.29 is 19.0 Å². The van der Waals surface area contributed by atoms with Crippen LogP contribution in [0.2, 0.25) is 0 Å². The summed E-state index contributed by atoms with van der Waals surface area (Å²) >= 11 is 0. The highest BCUT2D eigenvalue weighted by atomic mass is 16.5. The molecule has 0 aromatic heterocycles. The third kappa shape index (κ3) is 5.60. The second kappa shape index (κ2) is 9.47. The van der Waals surface area contributed by atoms with Gasteiger partial charge in [-0.15, -0.1) is 0 Å². The average Bonchev–Trinajstić information content (AvgIpc) is 3.53. The van der Waals surface area contributed by atoms with E-state index in [-0.39, 0.29) is 23.7 Å². The Morgan fingerprint density at radius 3 is 2.61 bits per heavy atom. The predicted octanol–water partition coefficient (Wildman–Crippen LogP) is 3.51. The van der Waals surface area contributed by atoms with Crippen LogP contribution in [-0.4, -0.2) is 80.0 Å². The Bertz CT molecular complexity index is 769. The molecule has 31 heavy (non-hydrogen) atoms. The number of amides is 1. The molecule has 1 atom stereocenters. The molecule has 172 valence electrons. The smallest absolute Gasteiger partial charge is 0.253 e. The lowest BCUT2D eigenvalue weighted by molar-refractivity contribution is -0.185. The van der Waals surface area contributed by atoms with Crippen LogP contribution in [0.1, 0.15) is 55.5 Å². The van der Waals surface area contributed by atoms with Gasteiger partial charge >= 0.3 is 0 Å². The second-order valence-electron chi connectivity index (χ2n) is 9.95. The highest BCUT2D eigenvalue weighted by Crippen LogP contribution is 2.36. The first-order valence-corrected chi connectivity index (χ1v) is 11.8. The van der Waals surface area contributed by atoms with E-state index in [1.807, 2.05) is 43.9 Å². The van der Waals surface area contributed by atoms with Gasteiger partial charge in [0.25, 0.3) is 5.91 Å². The molecule has 1 aliphatic carbocycles. The molecule has 6 nitrogen and oxygen atoms in total. The summed E-state index contributed by atoms with van der Waals surface area (Å²) in [5, 5.41) is 0. The van der Waals surface area contributed by atoms with E-state index in [4.69, 9.17) is 14.2 Å². The molecule has 0 radical (unpaired) electrons. The van der Waals surface area contributed by atoms with Crippen molar-refractivity contribution in [2.75, 3.05) is 46.4 Å². The highest BCUT2D eigenvalue weighted by molar-refractivity contribution is 5.94. The van der Waals surface area contributed by atoms with Crippen LogP contribution >= 0.6 is 0 Å². The zero-order valence-corrected chi connectivity index (χ0v) is 19.6. The highest BCUT2D eigenvalue weighted by Gasteiger charge is 2.44. The molecule has 2 heterocycles. The lowest BCUT2D eigenvalue weighted by Crippen LogP contribution is -2.61. The van der Waals surface area contributed by atoms with E-state index in [0.717, 1.165) is 61.8 Å². The minimum Gasteiger partial charge on any atom is -0.491 e. The normalized spacial score (nSPS) is 24.0. The van der Waals surface area contributed by atoms with Crippen LogP contribution in [-0.2, 0) is 9.47 Å². The summed E-state index contributed by atoms with van der Waals surface area (Å²) < 4.78 is 17.8. The number of hydrogen-bond donors (Lipinski definition) is 0. The van der Waals surface area contributed by atoms with E-state index in [9.17, 15) is 4.79 Å². The minimum absolute atomic E-state index is 0.105. The number of methoxy groups -OCH3 is 1. The van der Waals surface area contributed by atoms with Crippen molar-refractivity contribution in [3.05, 3.63) is 29.3 Å². The number of piperidine rings is 1. The Morgan fingerprint density at radius 1 is 1.26 bits per heavy atom. The van der Waals surface area contributed by atoms with Gasteiger partial charge < -0.3 is 19.1 Å². The molecule has 0 bridgehead atoms. The van der Waals surface area contributed by atoms with E-state index in [2.05, 4.69) is 4.90 Å². The zero-order chi connectivity index (χ0) is 22.0. The van der Waals surface area contributed by atoms with E-state index in [0.29, 0.717) is 6.61 Å². The Hall–Kier alpha value is -1.63. The molecule has 2 saturated heterocycles. The van der Waals surface area contributed by atoms with Crippen molar-refractivity contribution >= 4 is 5.91 Å². The standard InChI is InChI=1S/C25H38N2O4/c1-18(2)30-23-8-7-21(13-19(23)3)24(28)27-11-9-25(10-12-27)17-26(14-20-5-6-20)15-22(31-25)16-29-4/h7-8,13,18,20,22H,5-6,9-12,14-17H2,1-4H3. The monoisotopic (exact) mass is 430 g/mol. The number of ether oxygens (including phenoxy) is 3. The van der Waals surface area contributed by atoms with Gasteiger partial charge in [0.2, 0.25) is 0 Å². The fraction of sp³-hybridized carbons (Fsp3) is 0.720. The van der Waals surface area contributed by atoms with Gasteiger partial charge in [0, 0.05) is 45.4 Å². The third-order valence-corrected chi connectivity index (χ3v) is 6.70. The molecule has 1 unspecified atom stereocenters. The Kier molecular flexibility index (Phi) is 6.89. The second-order valence-corrected chi connectivity index (χ2v) is 9.95. The maximum Gasteiger partial charge on any atom is 0.253 e.